The van der Waals surface area contributed by atoms with Crippen molar-refractivity contribution in [3.63, 3.8) is 0 Å². The Morgan fingerprint density at radius 3 is 2.52 bits per heavy atom. The molecule has 1 aliphatic rings. The number of aryl methyl sites for hydroxylation is 1. The van der Waals surface area contributed by atoms with Crippen LogP contribution in [0, 0.1) is 18.8 Å². The summed E-state index contributed by atoms with van der Waals surface area (Å²) in [5.41, 5.74) is 6.78. The van der Waals surface area contributed by atoms with Crippen LogP contribution in [0.25, 0.3) is 0 Å². The number of halogens is 1. The summed E-state index contributed by atoms with van der Waals surface area (Å²) in [4.78, 5) is 33.8. The minimum Gasteiger partial charge on any atom is -0.383 e. The number of anilines is 1. The molecule has 25 heavy (non-hydrogen) atoms. The Hall–Kier alpha value is -1.69. The lowest BCUT2D eigenvalue weighted by Gasteiger charge is -2.33. The molecule has 138 valence electrons. The number of carbonyl (C=O) groups is 2. The smallest absolute Gasteiger partial charge is 0.225 e. The number of piperidine rings is 1. The molecular formula is C18H27ClN4O2. The zero-order chi connectivity index (χ0) is 18.6. The van der Waals surface area contributed by atoms with E-state index in [1.165, 1.54) is 6.92 Å². The number of ketones is 1. The van der Waals surface area contributed by atoms with Gasteiger partial charge in [-0.1, -0.05) is 18.5 Å². The average Bonchev–Trinajstić information content (AvgIpc) is 2.53. The number of likely N-dealkylation sites (tertiary alicyclic amines) is 1. The molecule has 1 saturated heterocycles. The molecule has 1 aromatic rings. The molecule has 2 N–H and O–H groups in total. The highest BCUT2D eigenvalue weighted by Gasteiger charge is 2.26. The summed E-state index contributed by atoms with van der Waals surface area (Å²) in [7, 11) is 0. The topological polar surface area (TPSA) is 89.2 Å². The van der Waals surface area contributed by atoms with Crippen molar-refractivity contribution in [1.29, 1.82) is 0 Å². The first kappa shape index (κ1) is 19.6. The maximum atomic E-state index is 12.4. The van der Waals surface area contributed by atoms with Crippen LogP contribution in [-0.2, 0) is 16.0 Å². The van der Waals surface area contributed by atoms with Crippen molar-refractivity contribution in [3.8, 4) is 0 Å². The summed E-state index contributed by atoms with van der Waals surface area (Å²) in [5.74, 6) is 1.50. The number of carbonyl (C=O) groups excluding carboxylic acids is 2. The Labute approximate surface area is 154 Å². The van der Waals surface area contributed by atoms with E-state index in [9.17, 15) is 9.59 Å². The fourth-order valence-electron chi connectivity index (χ4n) is 3.43. The lowest BCUT2D eigenvalue weighted by atomic mass is 9.90. The SMILES string of the molecule is CC(=O)C[C@@H](C)C(=O)N1CCC(CCc2c(N)nc(C)nc2Cl)CC1. The molecule has 7 heteroatoms. The van der Waals surface area contributed by atoms with E-state index in [2.05, 4.69) is 9.97 Å². The molecule has 1 atom stereocenters. The quantitative estimate of drug-likeness (QED) is 0.782. The highest BCUT2D eigenvalue weighted by molar-refractivity contribution is 6.30. The molecule has 0 saturated carbocycles. The van der Waals surface area contributed by atoms with Gasteiger partial charge in [-0.2, -0.15) is 0 Å². The van der Waals surface area contributed by atoms with Crippen LogP contribution in [0.2, 0.25) is 5.15 Å². The molecule has 1 amide bonds. The van der Waals surface area contributed by atoms with Crippen LogP contribution in [0.4, 0.5) is 5.82 Å². The first-order chi connectivity index (χ1) is 11.8. The van der Waals surface area contributed by atoms with E-state index < -0.39 is 0 Å². The summed E-state index contributed by atoms with van der Waals surface area (Å²) in [6, 6.07) is 0. The van der Waals surface area contributed by atoms with Crippen LogP contribution in [0.1, 0.15) is 50.9 Å². The van der Waals surface area contributed by atoms with E-state index in [1.54, 1.807) is 6.92 Å². The van der Waals surface area contributed by atoms with Crippen LogP contribution >= 0.6 is 11.6 Å². The number of nitrogens with two attached hydrogens (primary N) is 1. The van der Waals surface area contributed by atoms with E-state index in [4.69, 9.17) is 17.3 Å². The summed E-state index contributed by atoms with van der Waals surface area (Å²) in [6.45, 7) is 6.63. The summed E-state index contributed by atoms with van der Waals surface area (Å²) < 4.78 is 0. The largest absolute Gasteiger partial charge is 0.383 e. The zero-order valence-electron chi connectivity index (χ0n) is 15.2. The molecule has 2 rings (SSSR count). The van der Waals surface area contributed by atoms with E-state index >= 15 is 0 Å². The number of aromatic nitrogens is 2. The minimum absolute atomic E-state index is 0.0607. The number of hydrogen-bond acceptors (Lipinski definition) is 5. The zero-order valence-corrected chi connectivity index (χ0v) is 16.0. The molecule has 0 bridgehead atoms. The fraction of sp³-hybridized carbons (Fsp3) is 0.667. The highest BCUT2D eigenvalue weighted by atomic mass is 35.5. The molecule has 1 aromatic heterocycles. The van der Waals surface area contributed by atoms with Crippen molar-refractivity contribution in [2.75, 3.05) is 18.8 Å². The first-order valence-electron chi connectivity index (χ1n) is 8.84. The molecule has 0 aliphatic carbocycles. The van der Waals surface area contributed by atoms with Gasteiger partial charge in [0.15, 0.2) is 0 Å². The van der Waals surface area contributed by atoms with Gasteiger partial charge in [0.1, 0.15) is 22.6 Å². The van der Waals surface area contributed by atoms with Crippen molar-refractivity contribution in [2.45, 2.75) is 52.9 Å². The molecule has 1 fully saturated rings. The van der Waals surface area contributed by atoms with E-state index in [-0.39, 0.29) is 17.6 Å². The predicted octanol–water partition coefficient (Wildman–Crippen LogP) is 2.81. The number of nitrogen functional groups attached to an aromatic ring is 1. The lowest BCUT2D eigenvalue weighted by Crippen LogP contribution is -2.41. The van der Waals surface area contributed by atoms with Crippen molar-refractivity contribution >= 4 is 29.1 Å². The molecular weight excluding hydrogens is 340 g/mol. The molecule has 2 heterocycles. The van der Waals surface area contributed by atoms with Crippen LogP contribution in [0.15, 0.2) is 0 Å². The van der Waals surface area contributed by atoms with Gasteiger partial charge in [-0.15, -0.1) is 0 Å². The predicted molar refractivity (Wildman–Crippen MR) is 98.3 cm³/mol. The highest BCUT2D eigenvalue weighted by Crippen LogP contribution is 2.27. The fourth-order valence-corrected chi connectivity index (χ4v) is 3.75. The van der Waals surface area contributed by atoms with Gasteiger partial charge in [-0.3, -0.25) is 4.79 Å². The number of nitrogens with zero attached hydrogens (tertiary/aromatic N) is 3. The van der Waals surface area contributed by atoms with Gasteiger partial charge in [-0.25, -0.2) is 9.97 Å². The van der Waals surface area contributed by atoms with Crippen molar-refractivity contribution in [2.24, 2.45) is 11.8 Å². The number of hydrogen-bond donors (Lipinski definition) is 1. The Kier molecular flexibility index (Phi) is 6.76. The maximum Gasteiger partial charge on any atom is 0.225 e. The van der Waals surface area contributed by atoms with E-state index in [1.807, 2.05) is 11.8 Å². The van der Waals surface area contributed by atoms with Gasteiger partial charge in [0, 0.05) is 31.0 Å². The maximum absolute atomic E-state index is 12.4. The van der Waals surface area contributed by atoms with Crippen molar-refractivity contribution < 1.29 is 9.59 Å². The second-order valence-corrected chi connectivity index (χ2v) is 7.40. The third-order valence-electron chi connectivity index (χ3n) is 4.84. The number of Topliss-reactive ketones (excluding diaryl/α,β-unsaturated/α-hetero) is 1. The Bertz CT molecular complexity index is 619. The van der Waals surface area contributed by atoms with Gasteiger partial charge in [0.2, 0.25) is 5.91 Å². The lowest BCUT2D eigenvalue weighted by molar-refractivity contribution is -0.138. The molecule has 0 radical (unpaired) electrons. The molecule has 0 aromatic carbocycles. The van der Waals surface area contributed by atoms with E-state index in [0.717, 1.165) is 44.3 Å². The first-order valence-corrected chi connectivity index (χ1v) is 9.22. The van der Waals surface area contributed by atoms with Crippen molar-refractivity contribution in [3.05, 3.63) is 16.5 Å². The average molecular weight is 367 g/mol. The Morgan fingerprint density at radius 2 is 1.96 bits per heavy atom. The third kappa shape index (κ3) is 5.39. The third-order valence-corrected chi connectivity index (χ3v) is 5.16. The van der Waals surface area contributed by atoms with Crippen LogP contribution in [0.3, 0.4) is 0 Å². The standard InChI is InChI=1S/C18H27ClN4O2/c1-11(10-12(2)24)18(25)23-8-6-14(7-9-23)4-5-15-16(19)21-13(3)22-17(15)20/h11,14H,4-10H2,1-3H3,(H2,20,21,22)/t11-/m1/s1. The van der Waals surface area contributed by atoms with Crippen LogP contribution in [-0.4, -0.2) is 39.6 Å². The summed E-state index contributed by atoms with van der Waals surface area (Å²) in [5, 5.41) is 0.440. The normalized spacial score (nSPS) is 16.7. The molecule has 1 aliphatic heterocycles. The minimum atomic E-state index is -0.225. The van der Waals surface area contributed by atoms with Crippen LogP contribution in [0.5, 0.6) is 0 Å². The number of rotatable bonds is 6. The molecule has 0 spiro atoms. The number of amides is 1. The second-order valence-electron chi connectivity index (χ2n) is 7.04. The summed E-state index contributed by atoms with van der Waals surface area (Å²) >= 11 is 6.18. The second kappa shape index (κ2) is 8.61. The van der Waals surface area contributed by atoms with Gasteiger partial charge < -0.3 is 15.4 Å². The van der Waals surface area contributed by atoms with Gasteiger partial charge in [0.25, 0.3) is 0 Å². The van der Waals surface area contributed by atoms with E-state index in [0.29, 0.717) is 29.1 Å². The molecule has 0 unspecified atom stereocenters. The van der Waals surface area contributed by atoms with Crippen molar-refractivity contribution in [1.82, 2.24) is 14.9 Å². The Balaban J connectivity index is 1.83. The van der Waals surface area contributed by atoms with Gasteiger partial charge >= 0.3 is 0 Å². The Morgan fingerprint density at radius 1 is 1.32 bits per heavy atom. The molecule has 6 nitrogen and oxygen atoms in total. The van der Waals surface area contributed by atoms with Gasteiger partial charge in [-0.05, 0) is 45.4 Å². The van der Waals surface area contributed by atoms with Crippen LogP contribution < -0.4 is 5.73 Å². The van der Waals surface area contributed by atoms with Gasteiger partial charge in [0.05, 0.1) is 0 Å². The summed E-state index contributed by atoms with van der Waals surface area (Å²) in [6.07, 6.45) is 3.96. The monoisotopic (exact) mass is 366 g/mol.